The molecule has 10 nitrogen and oxygen atoms in total. The molecule has 1 aliphatic heterocycles. The number of H-pyrrole nitrogens is 3. The van der Waals surface area contributed by atoms with E-state index in [1.165, 1.54) is 0 Å². The van der Waals surface area contributed by atoms with Crippen molar-refractivity contribution in [2.75, 3.05) is 0 Å². The van der Waals surface area contributed by atoms with Crippen molar-refractivity contribution in [3.63, 3.8) is 0 Å². The van der Waals surface area contributed by atoms with Gasteiger partial charge in [-0.15, -0.1) is 0 Å². The summed E-state index contributed by atoms with van der Waals surface area (Å²) in [5.74, 6) is -40.5. The highest BCUT2D eigenvalue weighted by molar-refractivity contribution is 7.95. The Labute approximate surface area is 342 Å². The van der Waals surface area contributed by atoms with Gasteiger partial charge in [0.2, 0.25) is 17.5 Å². The molecule has 0 unspecified atom stereocenters. The van der Waals surface area contributed by atoms with Crippen molar-refractivity contribution in [1.82, 2.24) is 19.9 Å². The SMILES string of the molecule is O=S(=O)(O)C1=Cc2nc1c1cc(S(=O)(=O)O)c([nH]1)c(-c1c(F)c(F)c(F)c(F)c1F)c1ccc([nH]1)c(-c1c(F)c(F)c(F)c(F)c1F)c1ccc([nH]1)c2-c1c(F)c(F)c(F)c(F)c1F. The Kier molecular flexibility index (Phi) is 9.99. The van der Waals surface area contributed by atoms with E-state index in [1.807, 2.05) is 4.98 Å². The molecule has 332 valence electrons. The lowest BCUT2D eigenvalue weighted by atomic mass is 10.0. The molecule has 0 amide bonds. The van der Waals surface area contributed by atoms with Crippen LogP contribution in [0.5, 0.6) is 0 Å². The van der Waals surface area contributed by atoms with Gasteiger partial charge in [0, 0.05) is 38.8 Å². The summed E-state index contributed by atoms with van der Waals surface area (Å²) in [4.78, 5) is 6.84. The van der Waals surface area contributed by atoms with E-state index in [0.717, 1.165) is 0 Å². The third-order valence-electron chi connectivity index (χ3n) is 9.66. The van der Waals surface area contributed by atoms with Crippen molar-refractivity contribution in [2.24, 2.45) is 0 Å². The third kappa shape index (κ3) is 6.39. The van der Waals surface area contributed by atoms with Crippen LogP contribution in [0.15, 0.2) is 35.2 Å². The van der Waals surface area contributed by atoms with Crippen LogP contribution in [-0.4, -0.2) is 45.9 Å². The van der Waals surface area contributed by atoms with Gasteiger partial charge >= 0.3 is 0 Å². The summed E-state index contributed by atoms with van der Waals surface area (Å²) in [5.41, 5.74) is -19.6. The molecule has 0 fully saturated rings. The van der Waals surface area contributed by atoms with Crippen molar-refractivity contribution in [3.8, 4) is 33.4 Å². The summed E-state index contributed by atoms with van der Waals surface area (Å²) in [5, 5.41) is 0. The van der Waals surface area contributed by atoms with Crippen LogP contribution in [0.2, 0.25) is 0 Å². The fourth-order valence-corrected chi connectivity index (χ4v) is 8.26. The Balaban J connectivity index is 1.77. The van der Waals surface area contributed by atoms with Crippen LogP contribution in [-0.2, 0) is 20.2 Å². The number of nitrogens with one attached hydrogen (secondary N) is 3. The second-order valence-corrected chi connectivity index (χ2v) is 16.0. The largest absolute Gasteiger partial charge is 0.354 e. The molecule has 5 heterocycles. The number of rotatable bonds is 5. The zero-order valence-corrected chi connectivity index (χ0v) is 31.6. The Morgan fingerprint density at radius 2 is 0.719 bits per heavy atom. The maximum absolute atomic E-state index is 15.8. The van der Waals surface area contributed by atoms with Crippen LogP contribution in [0, 0.1) is 87.3 Å². The minimum atomic E-state index is -5.93. The standard InChI is InChI=1S/C37H11F15N4O6S2/c38-21-18(22(39)28(45)33(50)27(21)44)15-7-1-2-9(53-7)16(19-23(40)29(46)34(51)30(47)24(19)41)11-5-13(63(57,58)59)36(55-11)12-6-14(64(60,61)62)37(56-12)17(10-4-3-8(15)54-10)20-25(42)31(48)35(52)32(49)26(20)43/h1-6,53-54,56H,(H,57,58,59)(H,60,61,62). The smallest absolute Gasteiger partial charge is 0.296 e. The van der Waals surface area contributed by atoms with E-state index in [9.17, 15) is 65.5 Å². The minimum absolute atomic E-state index is 0.151. The Hall–Kier alpha value is -6.84. The Morgan fingerprint density at radius 1 is 0.391 bits per heavy atom. The van der Waals surface area contributed by atoms with Gasteiger partial charge in [0.15, 0.2) is 69.8 Å². The minimum Gasteiger partial charge on any atom is -0.354 e. The zero-order valence-electron chi connectivity index (χ0n) is 29.9. The molecule has 0 saturated heterocycles. The molecule has 5 N–H and O–H groups in total. The fraction of sp³-hybridized carbons (Fsp3) is 0. The van der Waals surface area contributed by atoms with E-state index in [0.29, 0.717) is 24.3 Å². The number of aromatic nitrogens is 4. The van der Waals surface area contributed by atoms with Gasteiger partial charge in [-0.25, -0.2) is 70.8 Å². The average Bonchev–Trinajstić information content (AvgIpc) is 4.07. The van der Waals surface area contributed by atoms with E-state index in [4.69, 9.17) is 0 Å². The van der Waals surface area contributed by atoms with Gasteiger partial charge in [-0.2, -0.15) is 16.8 Å². The number of halogens is 15. The first kappa shape index (κ1) is 43.8. The molecule has 64 heavy (non-hydrogen) atoms. The van der Waals surface area contributed by atoms with Crippen molar-refractivity contribution >= 4 is 64.3 Å². The molecule has 0 aliphatic carbocycles. The predicted octanol–water partition coefficient (Wildman–Crippen LogP) is 10.2. The lowest BCUT2D eigenvalue weighted by Gasteiger charge is -2.11. The number of benzene rings is 3. The molecule has 8 bridgehead atoms. The van der Waals surface area contributed by atoms with E-state index in [2.05, 4.69) is 15.0 Å². The van der Waals surface area contributed by atoms with Gasteiger partial charge in [-0.1, -0.05) is 0 Å². The molecule has 0 atom stereocenters. The van der Waals surface area contributed by atoms with Crippen LogP contribution < -0.4 is 0 Å². The highest BCUT2D eigenvalue weighted by atomic mass is 32.2. The van der Waals surface area contributed by atoms with Gasteiger partial charge in [0.25, 0.3) is 20.2 Å². The van der Waals surface area contributed by atoms with Gasteiger partial charge in [0.1, 0.15) is 15.5 Å². The molecule has 7 aromatic rings. The number of aromatic amines is 3. The lowest BCUT2D eigenvalue weighted by molar-refractivity contribution is 0.381. The van der Waals surface area contributed by atoms with Gasteiger partial charge in [-0.05, 0) is 36.4 Å². The van der Waals surface area contributed by atoms with Crippen molar-refractivity contribution in [1.29, 1.82) is 0 Å². The van der Waals surface area contributed by atoms with Crippen LogP contribution in [0.25, 0.3) is 77.5 Å². The Morgan fingerprint density at radius 3 is 1.09 bits per heavy atom. The molecule has 27 heteroatoms. The predicted molar refractivity (Wildman–Crippen MR) is 191 cm³/mol. The van der Waals surface area contributed by atoms with E-state index < -0.39 is 195 Å². The van der Waals surface area contributed by atoms with Crippen LogP contribution >= 0.6 is 0 Å². The summed E-state index contributed by atoms with van der Waals surface area (Å²) in [7, 11) is -11.7. The maximum atomic E-state index is 15.8. The van der Waals surface area contributed by atoms with E-state index >= 15 is 26.3 Å². The van der Waals surface area contributed by atoms with Crippen molar-refractivity contribution < 1.29 is 91.8 Å². The van der Waals surface area contributed by atoms with E-state index in [1.54, 1.807) is 0 Å². The zero-order chi connectivity index (χ0) is 47.0. The number of nitrogens with zero attached hydrogens (tertiary/aromatic N) is 1. The normalized spacial score (nSPS) is 12.8. The monoisotopic (exact) mass is 956 g/mol. The summed E-state index contributed by atoms with van der Waals surface area (Å²) in [6, 6.07) is 2.42. The molecule has 0 radical (unpaired) electrons. The third-order valence-corrected chi connectivity index (χ3v) is 11.4. The molecule has 8 rings (SSSR count). The summed E-state index contributed by atoms with van der Waals surface area (Å²) < 4.78 is 298. The lowest BCUT2D eigenvalue weighted by Crippen LogP contribution is -2.05. The fourth-order valence-electron chi connectivity index (χ4n) is 6.93. The second-order valence-electron chi connectivity index (χ2n) is 13.3. The topological polar surface area (TPSA) is 169 Å². The molecule has 0 spiro atoms. The van der Waals surface area contributed by atoms with Crippen LogP contribution in [0.4, 0.5) is 65.9 Å². The molecular formula is C37H11F15N4O6S2. The van der Waals surface area contributed by atoms with Crippen molar-refractivity contribution in [3.05, 3.63) is 129 Å². The van der Waals surface area contributed by atoms with E-state index in [-0.39, 0.29) is 12.1 Å². The number of hydrogen-bond donors (Lipinski definition) is 5. The van der Waals surface area contributed by atoms with Crippen molar-refractivity contribution in [2.45, 2.75) is 4.90 Å². The Bertz CT molecular complexity index is 3610. The maximum Gasteiger partial charge on any atom is 0.296 e. The van der Waals surface area contributed by atoms with Crippen LogP contribution in [0.1, 0.15) is 11.4 Å². The number of fused-ring (bicyclic) bond motifs is 9. The summed E-state index contributed by atoms with van der Waals surface area (Å²) >= 11 is 0. The van der Waals surface area contributed by atoms with Gasteiger partial charge in [-0.3, -0.25) is 9.11 Å². The first-order valence-corrected chi connectivity index (χ1v) is 19.6. The second kappa shape index (κ2) is 14.6. The first-order chi connectivity index (χ1) is 29.8. The van der Waals surface area contributed by atoms with Gasteiger partial charge in [0.05, 0.1) is 33.4 Å². The molecule has 1 aliphatic rings. The average molecular weight is 957 g/mol. The molecular weight excluding hydrogens is 946 g/mol. The number of hydrogen-bond acceptors (Lipinski definition) is 5. The molecule has 4 aromatic heterocycles. The quantitative estimate of drug-likeness (QED) is 0.0495. The van der Waals surface area contributed by atoms with Gasteiger partial charge < -0.3 is 15.0 Å². The highest BCUT2D eigenvalue weighted by Crippen LogP contribution is 2.44. The summed E-state index contributed by atoms with van der Waals surface area (Å²) in [6.07, 6.45) is 0.151. The first-order valence-electron chi connectivity index (χ1n) is 16.7. The van der Waals surface area contributed by atoms with Crippen LogP contribution in [0.3, 0.4) is 0 Å². The molecule has 3 aromatic carbocycles. The highest BCUT2D eigenvalue weighted by Gasteiger charge is 2.35. The summed E-state index contributed by atoms with van der Waals surface area (Å²) in [6.45, 7) is 0. The molecule has 0 saturated carbocycles.